The van der Waals surface area contributed by atoms with Gasteiger partial charge in [-0.25, -0.2) is 4.79 Å². The first-order valence-electron chi connectivity index (χ1n) is 6.70. The van der Waals surface area contributed by atoms with E-state index in [4.69, 9.17) is 10.5 Å². The molecule has 0 aliphatic rings. The van der Waals surface area contributed by atoms with Crippen LogP contribution >= 0.6 is 0 Å². The average molecular weight is 304 g/mol. The molecule has 8 heteroatoms. The molecule has 1 atom stereocenters. The quantitative estimate of drug-likeness (QED) is 0.701. The lowest BCUT2D eigenvalue weighted by Crippen LogP contribution is -2.32. The Morgan fingerprint density at radius 3 is 2.82 bits per heavy atom. The van der Waals surface area contributed by atoms with Crippen LogP contribution in [0.15, 0.2) is 23.0 Å². The molecule has 8 nitrogen and oxygen atoms in total. The van der Waals surface area contributed by atoms with Crippen molar-refractivity contribution >= 4 is 28.5 Å². The molecule has 0 bridgehead atoms. The number of benzene rings is 1. The van der Waals surface area contributed by atoms with E-state index in [0.717, 1.165) is 0 Å². The Bertz CT molecular complexity index is 782. The van der Waals surface area contributed by atoms with Crippen molar-refractivity contribution in [3.8, 4) is 0 Å². The van der Waals surface area contributed by atoms with Gasteiger partial charge in [-0.1, -0.05) is 0 Å². The van der Waals surface area contributed by atoms with Gasteiger partial charge < -0.3 is 15.8 Å². The third-order valence-corrected chi connectivity index (χ3v) is 2.92. The van der Waals surface area contributed by atoms with Gasteiger partial charge in [-0.15, -0.1) is 0 Å². The number of rotatable bonds is 4. The van der Waals surface area contributed by atoms with Crippen LogP contribution in [-0.2, 0) is 9.53 Å². The third-order valence-electron chi connectivity index (χ3n) is 2.92. The molecule has 0 saturated heterocycles. The van der Waals surface area contributed by atoms with Crippen molar-refractivity contribution in [2.45, 2.75) is 19.9 Å². The lowest BCUT2D eigenvalue weighted by atomic mass is 10.1. The summed E-state index contributed by atoms with van der Waals surface area (Å²) in [7, 11) is 0. The van der Waals surface area contributed by atoms with Gasteiger partial charge in [0.1, 0.15) is 0 Å². The lowest BCUT2D eigenvalue weighted by molar-refractivity contribution is -0.117. The number of H-pyrrole nitrogens is 1. The Morgan fingerprint density at radius 2 is 2.18 bits per heavy atom. The molecule has 0 aliphatic carbocycles. The highest BCUT2D eigenvalue weighted by molar-refractivity contribution is 5.97. The number of ether oxygens (including phenoxy) is 1. The van der Waals surface area contributed by atoms with Crippen LogP contribution in [0.3, 0.4) is 0 Å². The smallest absolute Gasteiger partial charge is 0.362 e. The fourth-order valence-electron chi connectivity index (χ4n) is 1.80. The molecule has 0 aliphatic heterocycles. The Hall–Kier alpha value is -2.74. The molecule has 22 heavy (non-hydrogen) atoms. The van der Waals surface area contributed by atoms with Crippen molar-refractivity contribution in [2.24, 2.45) is 5.73 Å². The molecule has 2 aromatic rings. The number of anilines is 1. The summed E-state index contributed by atoms with van der Waals surface area (Å²) in [5.41, 5.74) is 5.42. The summed E-state index contributed by atoms with van der Waals surface area (Å²) in [6.45, 7) is 3.32. The predicted molar refractivity (Wildman–Crippen MR) is 80.6 cm³/mol. The van der Waals surface area contributed by atoms with Crippen molar-refractivity contribution in [2.75, 3.05) is 11.9 Å². The molecule has 2 rings (SSSR count). The van der Waals surface area contributed by atoms with Gasteiger partial charge in [0.05, 0.1) is 23.6 Å². The fraction of sp³-hybridized carbons (Fsp3) is 0.286. The van der Waals surface area contributed by atoms with Crippen molar-refractivity contribution < 1.29 is 14.3 Å². The maximum absolute atomic E-state index is 12.3. The van der Waals surface area contributed by atoms with Gasteiger partial charge >= 0.3 is 5.97 Å². The maximum atomic E-state index is 12.3. The number of nitrogens with two attached hydrogens (primary N) is 1. The highest BCUT2D eigenvalue weighted by Crippen LogP contribution is 2.15. The van der Waals surface area contributed by atoms with E-state index in [1.165, 1.54) is 6.07 Å². The Morgan fingerprint density at radius 1 is 1.45 bits per heavy atom. The Kier molecular flexibility index (Phi) is 4.52. The van der Waals surface area contributed by atoms with Gasteiger partial charge in [0.15, 0.2) is 0 Å². The van der Waals surface area contributed by atoms with Crippen LogP contribution in [0.25, 0.3) is 10.9 Å². The van der Waals surface area contributed by atoms with Crippen molar-refractivity contribution in [3.05, 3.63) is 34.1 Å². The van der Waals surface area contributed by atoms with E-state index in [0.29, 0.717) is 11.2 Å². The molecule has 1 amide bonds. The second-order valence-electron chi connectivity index (χ2n) is 4.66. The minimum absolute atomic E-state index is 0.141. The second kappa shape index (κ2) is 6.35. The lowest BCUT2D eigenvalue weighted by Gasteiger charge is -2.08. The number of amides is 1. The molecule has 1 aromatic carbocycles. The number of hydrogen-bond acceptors (Lipinski definition) is 6. The van der Waals surface area contributed by atoms with Crippen LogP contribution in [0, 0.1) is 0 Å². The van der Waals surface area contributed by atoms with Crippen LogP contribution < -0.4 is 16.5 Å². The van der Waals surface area contributed by atoms with Crippen molar-refractivity contribution in [1.82, 2.24) is 10.2 Å². The SMILES string of the molecule is CCOC(=O)c1n[nH]c2ccc(NC(=O)[C@@H](C)N)cc2c1=O. The average Bonchev–Trinajstić information content (AvgIpc) is 2.48. The van der Waals surface area contributed by atoms with Gasteiger partial charge in [-0.05, 0) is 32.0 Å². The molecule has 1 heterocycles. The van der Waals surface area contributed by atoms with Crippen LogP contribution in [0.5, 0.6) is 0 Å². The largest absolute Gasteiger partial charge is 0.461 e. The second-order valence-corrected chi connectivity index (χ2v) is 4.66. The highest BCUT2D eigenvalue weighted by Gasteiger charge is 2.16. The summed E-state index contributed by atoms with van der Waals surface area (Å²) in [6.07, 6.45) is 0. The number of nitrogens with one attached hydrogen (secondary N) is 2. The van der Waals surface area contributed by atoms with Crippen molar-refractivity contribution in [3.63, 3.8) is 0 Å². The third kappa shape index (κ3) is 3.12. The van der Waals surface area contributed by atoms with Crippen molar-refractivity contribution in [1.29, 1.82) is 0 Å². The summed E-state index contributed by atoms with van der Waals surface area (Å²) in [5.74, 6) is -1.17. The first-order chi connectivity index (χ1) is 10.4. The highest BCUT2D eigenvalue weighted by atomic mass is 16.5. The summed E-state index contributed by atoms with van der Waals surface area (Å²) >= 11 is 0. The maximum Gasteiger partial charge on any atom is 0.362 e. The number of nitrogens with zero attached hydrogens (tertiary/aromatic N) is 1. The topological polar surface area (TPSA) is 127 Å². The number of fused-ring (bicyclic) bond motifs is 1. The molecule has 4 N–H and O–H groups in total. The normalized spacial score (nSPS) is 12.0. The molecule has 1 aromatic heterocycles. The standard InChI is InChI=1S/C14H16N4O4/c1-3-22-14(21)11-12(19)9-6-8(16-13(20)7(2)15)4-5-10(9)17-18-11/h4-7H,3,15H2,1-2H3,(H,16,20)(H,17,19)/t7-/m1/s1. The molecule has 116 valence electrons. The summed E-state index contributed by atoms with van der Waals surface area (Å²) in [6, 6.07) is 3.96. The molecule has 0 saturated carbocycles. The van der Waals surface area contributed by atoms with Crippen LogP contribution in [0.2, 0.25) is 0 Å². The Balaban J connectivity index is 2.46. The number of hydrogen-bond donors (Lipinski definition) is 3. The molecule has 0 spiro atoms. The zero-order chi connectivity index (χ0) is 16.3. The monoisotopic (exact) mass is 304 g/mol. The number of carbonyl (C=O) groups excluding carboxylic acids is 2. The van der Waals surface area contributed by atoms with Crippen LogP contribution in [0.4, 0.5) is 5.69 Å². The minimum Gasteiger partial charge on any atom is -0.461 e. The zero-order valence-corrected chi connectivity index (χ0v) is 12.2. The summed E-state index contributed by atoms with van der Waals surface area (Å²) in [4.78, 5) is 35.6. The molecule has 0 radical (unpaired) electrons. The fourth-order valence-corrected chi connectivity index (χ4v) is 1.80. The van der Waals surface area contributed by atoms with Gasteiger partial charge in [0, 0.05) is 5.69 Å². The van der Waals surface area contributed by atoms with E-state index >= 15 is 0 Å². The first kappa shape index (κ1) is 15.6. The molecule has 0 unspecified atom stereocenters. The van der Waals surface area contributed by atoms with E-state index in [9.17, 15) is 14.4 Å². The van der Waals surface area contributed by atoms with E-state index < -0.39 is 17.4 Å². The Labute approximate surface area is 125 Å². The van der Waals surface area contributed by atoms with E-state index in [1.54, 1.807) is 26.0 Å². The molecular weight excluding hydrogens is 288 g/mol. The summed E-state index contributed by atoms with van der Waals surface area (Å²) in [5, 5.41) is 9.14. The predicted octanol–water partition coefficient (Wildman–Crippen LogP) is 0.385. The number of esters is 1. The van der Waals surface area contributed by atoms with Crippen LogP contribution in [-0.4, -0.2) is 34.7 Å². The van der Waals surface area contributed by atoms with E-state index in [2.05, 4.69) is 15.5 Å². The summed E-state index contributed by atoms with van der Waals surface area (Å²) < 4.78 is 4.78. The number of carbonyl (C=O) groups is 2. The van der Waals surface area contributed by atoms with E-state index in [1.807, 2.05) is 0 Å². The zero-order valence-electron chi connectivity index (χ0n) is 12.2. The van der Waals surface area contributed by atoms with Gasteiger partial charge in [0.2, 0.25) is 17.0 Å². The molecular formula is C14H16N4O4. The number of aromatic amines is 1. The minimum atomic E-state index is -0.796. The van der Waals surface area contributed by atoms with Gasteiger partial charge in [-0.3, -0.25) is 14.7 Å². The van der Waals surface area contributed by atoms with Gasteiger partial charge in [-0.2, -0.15) is 5.10 Å². The van der Waals surface area contributed by atoms with Crippen LogP contribution in [0.1, 0.15) is 24.3 Å². The molecule has 0 fully saturated rings. The van der Waals surface area contributed by atoms with E-state index in [-0.39, 0.29) is 23.6 Å². The van der Waals surface area contributed by atoms with Gasteiger partial charge in [0.25, 0.3) is 0 Å². The first-order valence-corrected chi connectivity index (χ1v) is 6.70. The number of aromatic nitrogens is 2.